The van der Waals surface area contributed by atoms with Crippen molar-refractivity contribution < 1.29 is 9.21 Å². The van der Waals surface area contributed by atoms with Crippen molar-refractivity contribution >= 4 is 23.7 Å². The molecule has 0 unspecified atom stereocenters. The van der Waals surface area contributed by atoms with Crippen LogP contribution in [0.3, 0.4) is 0 Å². The Hall–Kier alpha value is -3.36. The Balaban J connectivity index is 1.65. The molecule has 0 saturated heterocycles. The number of carbonyl (C=O) groups is 1. The number of hydrazone groups is 1. The van der Waals surface area contributed by atoms with E-state index in [2.05, 4.69) is 16.6 Å². The van der Waals surface area contributed by atoms with Crippen LogP contribution in [-0.4, -0.2) is 12.1 Å². The van der Waals surface area contributed by atoms with Crippen LogP contribution in [0.4, 0.5) is 0 Å². The summed E-state index contributed by atoms with van der Waals surface area (Å²) in [6, 6.07) is 19.2. The van der Waals surface area contributed by atoms with Crippen LogP contribution >= 0.6 is 11.6 Å². The van der Waals surface area contributed by atoms with Crippen LogP contribution in [0.1, 0.15) is 21.7 Å². The van der Waals surface area contributed by atoms with Crippen LogP contribution in [0, 0.1) is 11.3 Å². The number of rotatable bonds is 4. The Labute approximate surface area is 149 Å². The standard InChI is InChI=1S/C19H12ClN3O2/c20-16-3-1-2-15(10-16)19(24)23-22-12-17-8-9-18(25-17)14-6-4-13(11-21)5-7-14/h1-10,12H,(H,23,24)/b22-12+. The van der Waals surface area contributed by atoms with Gasteiger partial charge < -0.3 is 4.42 Å². The molecule has 0 bridgehead atoms. The molecule has 3 rings (SSSR count). The van der Waals surface area contributed by atoms with Crippen LogP contribution in [0.25, 0.3) is 11.3 Å². The normalized spacial score (nSPS) is 10.6. The van der Waals surface area contributed by atoms with Gasteiger partial charge in [0.2, 0.25) is 0 Å². The van der Waals surface area contributed by atoms with Crippen molar-refractivity contribution in [3.63, 3.8) is 0 Å². The van der Waals surface area contributed by atoms with Gasteiger partial charge in [0, 0.05) is 16.1 Å². The first-order chi connectivity index (χ1) is 12.2. The molecule has 1 heterocycles. The zero-order chi connectivity index (χ0) is 17.6. The van der Waals surface area contributed by atoms with Crippen molar-refractivity contribution in [2.24, 2.45) is 5.10 Å². The highest BCUT2D eigenvalue weighted by atomic mass is 35.5. The number of amides is 1. The highest BCUT2D eigenvalue weighted by Gasteiger charge is 2.05. The molecule has 0 aliphatic heterocycles. The Morgan fingerprint density at radius 1 is 1.16 bits per heavy atom. The third-order valence-corrected chi connectivity index (χ3v) is 3.61. The number of carbonyl (C=O) groups excluding carboxylic acids is 1. The van der Waals surface area contributed by atoms with Crippen LogP contribution in [0.5, 0.6) is 0 Å². The molecule has 1 amide bonds. The van der Waals surface area contributed by atoms with Crippen LogP contribution in [0.15, 0.2) is 70.2 Å². The number of nitrogens with one attached hydrogen (secondary N) is 1. The lowest BCUT2D eigenvalue weighted by atomic mass is 10.1. The summed E-state index contributed by atoms with van der Waals surface area (Å²) in [7, 11) is 0. The SMILES string of the molecule is N#Cc1ccc(-c2ccc(/C=N/NC(=O)c3cccc(Cl)c3)o2)cc1. The largest absolute Gasteiger partial charge is 0.455 e. The first-order valence-corrected chi connectivity index (χ1v) is 7.73. The molecule has 2 aromatic carbocycles. The maximum Gasteiger partial charge on any atom is 0.271 e. The maximum atomic E-state index is 11.9. The minimum Gasteiger partial charge on any atom is -0.455 e. The predicted molar refractivity (Wildman–Crippen MR) is 95.4 cm³/mol. The summed E-state index contributed by atoms with van der Waals surface area (Å²) in [5.74, 6) is 0.774. The van der Waals surface area contributed by atoms with E-state index in [0.29, 0.717) is 27.7 Å². The highest BCUT2D eigenvalue weighted by Crippen LogP contribution is 2.21. The van der Waals surface area contributed by atoms with E-state index < -0.39 is 0 Å². The molecule has 0 saturated carbocycles. The van der Waals surface area contributed by atoms with Gasteiger partial charge in [-0.05, 0) is 54.6 Å². The second-order valence-corrected chi connectivity index (χ2v) is 5.54. The topological polar surface area (TPSA) is 78.4 Å². The van der Waals surface area contributed by atoms with Gasteiger partial charge in [-0.15, -0.1) is 0 Å². The van der Waals surface area contributed by atoms with E-state index in [-0.39, 0.29) is 5.91 Å². The fourth-order valence-electron chi connectivity index (χ4n) is 2.14. The molecule has 0 spiro atoms. The molecule has 25 heavy (non-hydrogen) atoms. The third kappa shape index (κ3) is 4.14. The minimum atomic E-state index is -0.363. The molecule has 0 aliphatic carbocycles. The smallest absolute Gasteiger partial charge is 0.271 e. The zero-order valence-electron chi connectivity index (χ0n) is 12.9. The Kier molecular flexibility index (Phi) is 4.93. The van der Waals surface area contributed by atoms with Gasteiger partial charge in [-0.25, -0.2) is 5.43 Å². The van der Waals surface area contributed by atoms with Crippen molar-refractivity contribution in [3.05, 3.63) is 82.6 Å². The molecule has 0 radical (unpaired) electrons. The van der Waals surface area contributed by atoms with Crippen LogP contribution in [0.2, 0.25) is 5.02 Å². The molecule has 0 aliphatic rings. The van der Waals surface area contributed by atoms with Gasteiger partial charge in [-0.1, -0.05) is 17.7 Å². The molecule has 0 fully saturated rings. The van der Waals surface area contributed by atoms with Gasteiger partial charge in [-0.2, -0.15) is 10.4 Å². The number of nitriles is 1. The first kappa shape index (κ1) is 16.5. The number of hydrogen-bond donors (Lipinski definition) is 1. The molecular formula is C19H12ClN3O2. The lowest BCUT2D eigenvalue weighted by Crippen LogP contribution is -2.17. The lowest BCUT2D eigenvalue weighted by molar-refractivity contribution is 0.0955. The van der Waals surface area contributed by atoms with E-state index in [1.54, 1.807) is 60.7 Å². The molecule has 1 aromatic heterocycles. The average molecular weight is 350 g/mol. The summed E-state index contributed by atoms with van der Waals surface area (Å²) >= 11 is 5.85. The van der Waals surface area contributed by atoms with Gasteiger partial charge in [0.25, 0.3) is 5.91 Å². The number of furan rings is 1. The van der Waals surface area contributed by atoms with Crippen molar-refractivity contribution in [3.8, 4) is 17.4 Å². The maximum absolute atomic E-state index is 11.9. The van der Waals surface area contributed by atoms with Crippen molar-refractivity contribution in [2.45, 2.75) is 0 Å². The Morgan fingerprint density at radius 2 is 1.96 bits per heavy atom. The van der Waals surface area contributed by atoms with Crippen LogP contribution in [-0.2, 0) is 0 Å². The summed E-state index contributed by atoms with van der Waals surface area (Å²) in [4.78, 5) is 11.9. The van der Waals surface area contributed by atoms with E-state index in [0.717, 1.165) is 5.56 Å². The van der Waals surface area contributed by atoms with Crippen LogP contribution < -0.4 is 5.43 Å². The minimum absolute atomic E-state index is 0.363. The molecule has 6 heteroatoms. The van der Waals surface area contributed by atoms with E-state index in [1.165, 1.54) is 6.21 Å². The van der Waals surface area contributed by atoms with Gasteiger partial charge >= 0.3 is 0 Å². The Bertz CT molecular complexity index is 969. The summed E-state index contributed by atoms with van der Waals surface area (Å²) in [5.41, 5.74) is 4.27. The van der Waals surface area contributed by atoms with E-state index in [4.69, 9.17) is 21.3 Å². The second kappa shape index (κ2) is 7.47. The summed E-state index contributed by atoms with van der Waals surface area (Å²) < 4.78 is 5.65. The predicted octanol–water partition coefficient (Wildman–Crippen LogP) is 4.24. The molecule has 5 nitrogen and oxygen atoms in total. The van der Waals surface area contributed by atoms with Gasteiger partial charge in [0.1, 0.15) is 11.5 Å². The number of hydrogen-bond acceptors (Lipinski definition) is 4. The van der Waals surface area contributed by atoms with E-state index in [1.807, 2.05) is 0 Å². The molecule has 3 aromatic rings. The van der Waals surface area contributed by atoms with Gasteiger partial charge in [-0.3, -0.25) is 4.79 Å². The average Bonchev–Trinajstić information content (AvgIpc) is 3.10. The molecule has 1 N–H and O–H groups in total. The fraction of sp³-hybridized carbons (Fsp3) is 0. The number of nitrogens with zero attached hydrogens (tertiary/aromatic N) is 2. The van der Waals surface area contributed by atoms with E-state index >= 15 is 0 Å². The first-order valence-electron chi connectivity index (χ1n) is 7.35. The third-order valence-electron chi connectivity index (χ3n) is 3.37. The van der Waals surface area contributed by atoms with E-state index in [9.17, 15) is 4.79 Å². The lowest BCUT2D eigenvalue weighted by Gasteiger charge is -1.99. The van der Waals surface area contributed by atoms with Crippen molar-refractivity contribution in [1.82, 2.24) is 5.43 Å². The quantitative estimate of drug-likeness (QED) is 0.565. The fourth-order valence-corrected chi connectivity index (χ4v) is 2.33. The zero-order valence-corrected chi connectivity index (χ0v) is 13.7. The highest BCUT2D eigenvalue weighted by molar-refractivity contribution is 6.30. The number of benzene rings is 2. The second-order valence-electron chi connectivity index (χ2n) is 5.10. The van der Waals surface area contributed by atoms with Crippen molar-refractivity contribution in [2.75, 3.05) is 0 Å². The van der Waals surface area contributed by atoms with Crippen molar-refractivity contribution in [1.29, 1.82) is 5.26 Å². The summed E-state index contributed by atoms with van der Waals surface area (Å²) in [5, 5.41) is 13.2. The molecule has 122 valence electrons. The molecule has 0 atom stereocenters. The Morgan fingerprint density at radius 3 is 2.68 bits per heavy atom. The molecular weight excluding hydrogens is 338 g/mol. The van der Waals surface area contributed by atoms with Gasteiger partial charge in [0.05, 0.1) is 17.8 Å². The summed E-state index contributed by atoms with van der Waals surface area (Å²) in [6.45, 7) is 0. The summed E-state index contributed by atoms with van der Waals surface area (Å²) in [6.07, 6.45) is 1.41. The number of halogens is 1. The van der Waals surface area contributed by atoms with Gasteiger partial charge in [0.15, 0.2) is 0 Å². The monoisotopic (exact) mass is 349 g/mol.